The van der Waals surface area contributed by atoms with E-state index in [-0.39, 0.29) is 28.9 Å². The Balaban J connectivity index is 1.95. The highest BCUT2D eigenvalue weighted by atomic mass is 33.1. The molecule has 0 saturated carbocycles. The topological polar surface area (TPSA) is 116 Å². The molecule has 42 heavy (non-hydrogen) atoms. The fraction of sp³-hybridized carbons (Fsp3) is 0.424. The minimum atomic E-state index is -1.27. The summed E-state index contributed by atoms with van der Waals surface area (Å²) in [7, 11) is 2.84. The number of aromatic hydroxyl groups is 1. The number of carboxylic acids is 1. The molecule has 0 saturated heterocycles. The van der Waals surface area contributed by atoms with Gasteiger partial charge >= 0.3 is 5.97 Å². The van der Waals surface area contributed by atoms with Crippen molar-refractivity contribution in [3.63, 3.8) is 0 Å². The van der Waals surface area contributed by atoms with Crippen molar-refractivity contribution in [2.24, 2.45) is 0 Å². The van der Waals surface area contributed by atoms with Crippen LogP contribution in [-0.2, 0) is 9.59 Å². The fourth-order valence-corrected chi connectivity index (χ4v) is 5.29. The van der Waals surface area contributed by atoms with Gasteiger partial charge in [0.1, 0.15) is 11.3 Å². The van der Waals surface area contributed by atoms with E-state index in [4.69, 9.17) is 5.11 Å². The third-order valence-electron chi connectivity index (χ3n) is 5.72. The van der Waals surface area contributed by atoms with Crippen LogP contribution in [0.25, 0.3) is 0 Å². The molecule has 0 aromatic heterocycles. The first-order chi connectivity index (χ1) is 20.4. The number of aromatic carboxylic acids is 1. The molecule has 0 bridgehead atoms. The second kappa shape index (κ2) is 25.5. The highest BCUT2D eigenvalue weighted by molar-refractivity contribution is 8.76. The minimum absolute atomic E-state index is 0.0507. The molecule has 0 aliphatic heterocycles. The van der Waals surface area contributed by atoms with Crippen LogP contribution in [0, 0.1) is 0 Å². The zero-order valence-corrected chi connectivity index (χ0v) is 26.3. The molecule has 1 rings (SSSR count). The van der Waals surface area contributed by atoms with Crippen LogP contribution in [0.3, 0.4) is 0 Å². The molecule has 0 unspecified atom stereocenters. The van der Waals surface area contributed by atoms with Crippen molar-refractivity contribution in [1.29, 1.82) is 0 Å². The second-order valence-electron chi connectivity index (χ2n) is 9.33. The minimum Gasteiger partial charge on any atom is -0.507 e. The van der Waals surface area contributed by atoms with Crippen LogP contribution in [0.4, 0.5) is 5.69 Å². The zero-order valence-electron chi connectivity index (χ0n) is 24.6. The Bertz CT molecular complexity index is 1080. The Morgan fingerprint density at radius 1 is 0.786 bits per heavy atom. The van der Waals surface area contributed by atoms with Crippen molar-refractivity contribution < 1.29 is 24.6 Å². The van der Waals surface area contributed by atoms with Gasteiger partial charge in [-0.2, -0.15) is 0 Å². The summed E-state index contributed by atoms with van der Waals surface area (Å²) in [6.07, 6.45) is 31.5. The number of carbonyl (C=O) groups is 3. The van der Waals surface area contributed by atoms with Gasteiger partial charge in [-0.1, -0.05) is 95.7 Å². The van der Waals surface area contributed by atoms with E-state index in [1.807, 2.05) is 0 Å². The quantitative estimate of drug-likeness (QED) is 0.0425. The number of carbonyl (C=O) groups excluding carboxylic acids is 2. The van der Waals surface area contributed by atoms with E-state index in [1.54, 1.807) is 0 Å². The molecule has 7 nitrogen and oxygen atoms in total. The molecular formula is C33H46N2O5S2. The summed E-state index contributed by atoms with van der Waals surface area (Å²) in [6, 6.07) is 3.89. The van der Waals surface area contributed by atoms with Crippen LogP contribution in [0.5, 0.6) is 5.75 Å². The van der Waals surface area contributed by atoms with E-state index in [1.165, 1.54) is 39.8 Å². The Labute approximate surface area is 259 Å². The summed E-state index contributed by atoms with van der Waals surface area (Å²) in [5.74, 6) is -0.987. The molecule has 1 aromatic rings. The van der Waals surface area contributed by atoms with E-state index in [0.29, 0.717) is 24.4 Å². The van der Waals surface area contributed by atoms with Crippen molar-refractivity contribution in [2.45, 2.75) is 71.1 Å². The van der Waals surface area contributed by atoms with Crippen molar-refractivity contribution in [2.75, 3.05) is 23.4 Å². The molecule has 0 spiro atoms. The first kappa shape index (κ1) is 36.9. The first-order valence-corrected chi connectivity index (χ1v) is 17.0. The highest BCUT2D eigenvalue weighted by Gasteiger charge is 2.11. The number of anilines is 1. The van der Waals surface area contributed by atoms with E-state index < -0.39 is 5.97 Å². The van der Waals surface area contributed by atoms with Crippen molar-refractivity contribution in [3.8, 4) is 5.75 Å². The average molecular weight is 615 g/mol. The van der Waals surface area contributed by atoms with Crippen molar-refractivity contribution in [3.05, 3.63) is 84.5 Å². The number of hydrogen-bond acceptors (Lipinski definition) is 6. The molecule has 9 heteroatoms. The monoisotopic (exact) mass is 614 g/mol. The van der Waals surface area contributed by atoms with Crippen LogP contribution in [-0.4, -0.2) is 46.0 Å². The van der Waals surface area contributed by atoms with Crippen molar-refractivity contribution in [1.82, 2.24) is 5.32 Å². The lowest BCUT2D eigenvalue weighted by molar-refractivity contribution is -0.121. The third-order valence-corrected chi connectivity index (χ3v) is 8.00. The van der Waals surface area contributed by atoms with Gasteiger partial charge in [0.25, 0.3) is 0 Å². The van der Waals surface area contributed by atoms with Gasteiger partial charge in [0.15, 0.2) is 0 Å². The first-order valence-electron chi connectivity index (χ1n) is 14.6. The SMILES string of the molecule is CC/C=C\C/C=C\C/C=C\C/C=C\C/C=C\CCCCCC(=O)NCCSSCC(=O)Nc1ccc(O)c(C(=O)O)c1. The number of unbranched alkanes of at least 4 members (excludes halogenated alkanes) is 3. The van der Waals surface area contributed by atoms with Gasteiger partial charge in [-0.3, -0.25) is 9.59 Å². The van der Waals surface area contributed by atoms with Gasteiger partial charge in [0.05, 0.1) is 5.75 Å². The molecule has 0 aliphatic rings. The lowest BCUT2D eigenvalue weighted by atomic mass is 10.1. The van der Waals surface area contributed by atoms with E-state index in [0.717, 1.165) is 57.8 Å². The normalized spacial score (nSPS) is 11.9. The molecule has 0 radical (unpaired) electrons. The lowest BCUT2D eigenvalue weighted by Crippen LogP contribution is -2.25. The van der Waals surface area contributed by atoms with Crippen LogP contribution < -0.4 is 10.6 Å². The number of rotatable bonds is 23. The molecular weight excluding hydrogens is 569 g/mol. The van der Waals surface area contributed by atoms with Gasteiger partial charge in [-0.15, -0.1) is 0 Å². The molecule has 230 valence electrons. The summed E-state index contributed by atoms with van der Waals surface area (Å²) in [5, 5.41) is 24.1. The largest absolute Gasteiger partial charge is 0.507 e. The molecule has 4 N–H and O–H groups in total. The zero-order chi connectivity index (χ0) is 30.7. The number of allylic oxidation sites excluding steroid dienone is 10. The van der Waals surface area contributed by atoms with E-state index >= 15 is 0 Å². The van der Waals surface area contributed by atoms with E-state index in [2.05, 4.69) is 78.3 Å². The van der Waals surface area contributed by atoms with E-state index in [9.17, 15) is 19.5 Å². The molecule has 0 fully saturated rings. The van der Waals surface area contributed by atoms with Crippen LogP contribution in [0.2, 0.25) is 0 Å². The maximum absolute atomic E-state index is 12.0. The Morgan fingerprint density at radius 3 is 2.02 bits per heavy atom. The summed E-state index contributed by atoms with van der Waals surface area (Å²) >= 11 is 0. The predicted molar refractivity (Wildman–Crippen MR) is 179 cm³/mol. The smallest absolute Gasteiger partial charge is 0.339 e. The number of carboxylic acid groups (broad SMARTS) is 1. The third kappa shape index (κ3) is 20.7. The summed E-state index contributed by atoms with van der Waals surface area (Å²) < 4.78 is 0. The van der Waals surface area contributed by atoms with Crippen LogP contribution in [0.15, 0.2) is 79.0 Å². The molecule has 0 atom stereocenters. The summed E-state index contributed by atoms with van der Waals surface area (Å²) in [5.41, 5.74) is 0.0433. The Kier molecular flexibility index (Phi) is 22.4. The molecule has 0 heterocycles. The highest BCUT2D eigenvalue weighted by Crippen LogP contribution is 2.23. The van der Waals surface area contributed by atoms with Crippen LogP contribution in [0.1, 0.15) is 81.5 Å². The predicted octanol–water partition coefficient (Wildman–Crippen LogP) is 8.23. The second-order valence-corrected chi connectivity index (χ2v) is 11.9. The number of nitrogens with one attached hydrogen (secondary N) is 2. The van der Waals surface area contributed by atoms with Gasteiger partial charge in [0, 0.05) is 24.4 Å². The number of amides is 2. The van der Waals surface area contributed by atoms with Gasteiger partial charge in [-0.25, -0.2) is 4.79 Å². The molecule has 1 aromatic carbocycles. The lowest BCUT2D eigenvalue weighted by Gasteiger charge is -2.07. The van der Waals surface area contributed by atoms with Gasteiger partial charge in [-0.05, 0) is 69.6 Å². The maximum Gasteiger partial charge on any atom is 0.339 e. The number of benzene rings is 1. The Morgan fingerprint density at radius 2 is 1.40 bits per heavy atom. The number of hydrogen-bond donors (Lipinski definition) is 4. The van der Waals surface area contributed by atoms with Crippen molar-refractivity contribution >= 4 is 45.1 Å². The standard InChI is InChI=1S/C33H46N2O5S2/c1-2-3-4-5-6-7-8-9-10-11-12-13-14-15-16-17-18-19-20-21-31(37)34-24-25-41-42-27-32(38)35-28-22-23-30(36)29(26-28)33(39)40/h3-4,6-7,9-10,12-13,15-16,22-23,26,36H,2,5,8,11,14,17-21,24-25,27H2,1H3,(H,34,37)(H,35,38)(H,39,40)/b4-3-,7-6-,10-9-,13-12-,16-15-. The summed E-state index contributed by atoms with van der Waals surface area (Å²) in [6.45, 7) is 2.68. The molecule has 0 aliphatic carbocycles. The van der Waals surface area contributed by atoms with Gasteiger partial charge < -0.3 is 20.8 Å². The summed E-state index contributed by atoms with van der Waals surface area (Å²) in [4.78, 5) is 35.1. The fourth-order valence-electron chi connectivity index (χ4n) is 3.55. The molecule has 2 amide bonds. The maximum atomic E-state index is 12.0. The van der Waals surface area contributed by atoms with Gasteiger partial charge in [0.2, 0.25) is 11.8 Å². The average Bonchev–Trinajstić information content (AvgIpc) is 2.97. The number of phenols is 1. The Hall–Kier alpha value is -3.17. The van der Waals surface area contributed by atoms with Crippen LogP contribution >= 0.6 is 21.6 Å².